The molecule has 366 valence electrons. The highest BCUT2D eigenvalue weighted by atomic mass is 14.5. The van der Waals surface area contributed by atoms with Gasteiger partial charge in [0.05, 0.1) is 0 Å². The maximum atomic E-state index is 5.39. The van der Waals surface area contributed by atoms with Gasteiger partial charge in [-0.2, -0.15) is 0 Å². The monoisotopic (exact) mass is 856 g/mol. The van der Waals surface area contributed by atoms with Crippen LogP contribution < -0.4 is 5.73 Å². The van der Waals surface area contributed by atoms with Crippen LogP contribution in [0.2, 0.25) is 0 Å². The molecule has 0 bridgehead atoms. The molecule has 0 unspecified atom stereocenters. The fourth-order valence-corrected chi connectivity index (χ4v) is 9.98. The number of hydrogen-bond acceptors (Lipinski definition) is 1. The molecule has 2 N–H and O–H groups in total. The van der Waals surface area contributed by atoms with E-state index in [1.807, 2.05) is 0 Å². The summed E-state index contributed by atoms with van der Waals surface area (Å²) in [6.45, 7) is 2.31. The minimum Gasteiger partial charge on any atom is -0.405 e. The van der Waals surface area contributed by atoms with Crippen molar-refractivity contribution in [2.75, 3.05) is 0 Å². The molecule has 0 saturated carbocycles. The largest absolute Gasteiger partial charge is 0.405 e. The van der Waals surface area contributed by atoms with Crippen LogP contribution in [0.15, 0.2) is 12.3 Å². The molecule has 0 saturated heterocycles. The van der Waals surface area contributed by atoms with Crippen molar-refractivity contribution < 1.29 is 0 Å². The first kappa shape index (κ1) is 60.5. The zero-order chi connectivity index (χ0) is 43.7. The third kappa shape index (κ3) is 59.5. The summed E-state index contributed by atoms with van der Waals surface area (Å²) in [5, 5.41) is 0. The quantitative estimate of drug-likeness (QED) is 0.0606. The predicted molar refractivity (Wildman–Crippen MR) is 282 cm³/mol. The molecule has 0 aliphatic rings. The lowest BCUT2D eigenvalue weighted by Crippen LogP contribution is -1.85. The van der Waals surface area contributed by atoms with E-state index in [1.54, 1.807) is 6.20 Å². The first-order valence-electron chi connectivity index (χ1n) is 29.8. The van der Waals surface area contributed by atoms with Gasteiger partial charge in [0.2, 0.25) is 0 Å². The molecule has 0 heterocycles. The summed E-state index contributed by atoms with van der Waals surface area (Å²) in [6.07, 6.45) is 87.8. The van der Waals surface area contributed by atoms with Gasteiger partial charge in [0.25, 0.3) is 0 Å². The number of unbranched alkanes of at least 4 members (excludes halogenated alkanes) is 56. The topological polar surface area (TPSA) is 26.0 Å². The molecule has 0 atom stereocenters. The third-order valence-electron chi connectivity index (χ3n) is 14.4. The fraction of sp³-hybridized carbons (Fsp3) is 0.967. The van der Waals surface area contributed by atoms with Crippen LogP contribution in [0, 0.1) is 0 Å². The van der Waals surface area contributed by atoms with E-state index in [0.717, 1.165) is 6.42 Å². The van der Waals surface area contributed by atoms with Gasteiger partial charge in [-0.1, -0.05) is 366 Å². The van der Waals surface area contributed by atoms with Crippen molar-refractivity contribution in [3.8, 4) is 0 Å². The number of allylic oxidation sites excluding steroid dienone is 1. The average Bonchev–Trinajstić information content (AvgIpc) is 3.27. The molecule has 1 nitrogen and oxygen atoms in total. The van der Waals surface area contributed by atoms with Gasteiger partial charge in [-0.05, 0) is 19.0 Å². The van der Waals surface area contributed by atoms with Crippen molar-refractivity contribution in [2.45, 2.75) is 373 Å². The minimum absolute atomic E-state index is 1.16. The molecule has 0 aromatic carbocycles. The van der Waals surface area contributed by atoms with Crippen molar-refractivity contribution in [1.29, 1.82) is 0 Å². The van der Waals surface area contributed by atoms with Crippen LogP contribution in [-0.2, 0) is 0 Å². The van der Waals surface area contributed by atoms with Crippen LogP contribution >= 0.6 is 0 Å². The molecule has 0 aliphatic heterocycles. The Labute approximate surface area is 389 Å². The van der Waals surface area contributed by atoms with E-state index in [2.05, 4.69) is 13.0 Å². The Balaban J connectivity index is 3.06. The highest BCUT2D eigenvalue weighted by Crippen LogP contribution is 2.19. The maximum absolute atomic E-state index is 5.39. The minimum atomic E-state index is 1.16. The first-order valence-corrected chi connectivity index (χ1v) is 29.8. The molecule has 0 rings (SSSR count). The average molecular weight is 857 g/mol. The summed E-state index contributed by atoms with van der Waals surface area (Å²) in [4.78, 5) is 0. The summed E-state index contributed by atoms with van der Waals surface area (Å²) in [6, 6.07) is 0. The predicted octanol–water partition coefficient (Wildman–Crippen LogP) is 22.7. The van der Waals surface area contributed by atoms with Crippen LogP contribution in [0.5, 0.6) is 0 Å². The van der Waals surface area contributed by atoms with E-state index < -0.39 is 0 Å². The highest BCUT2D eigenvalue weighted by molar-refractivity contribution is 4.74. The Morgan fingerprint density at radius 3 is 0.410 bits per heavy atom. The molecule has 0 spiro atoms. The van der Waals surface area contributed by atoms with Gasteiger partial charge in [0, 0.05) is 0 Å². The van der Waals surface area contributed by atoms with Crippen LogP contribution in [0.4, 0.5) is 0 Å². The third-order valence-corrected chi connectivity index (χ3v) is 14.4. The van der Waals surface area contributed by atoms with Crippen molar-refractivity contribution in [3.63, 3.8) is 0 Å². The Morgan fingerprint density at radius 1 is 0.180 bits per heavy atom. The summed E-state index contributed by atoms with van der Waals surface area (Å²) >= 11 is 0. The van der Waals surface area contributed by atoms with Crippen molar-refractivity contribution in [2.24, 2.45) is 5.73 Å². The lowest BCUT2D eigenvalue weighted by molar-refractivity contribution is 0.507. The Kier molecular flexibility index (Phi) is 59.1. The summed E-state index contributed by atoms with van der Waals surface area (Å²) in [5.74, 6) is 0. The van der Waals surface area contributed by atoms with Crippen molar-refractivity contribution >= 4 is 0 Å². The molecule has 0 aromatic rings. The summed E-state index contributed by atoms with van der Waals surface area (Å²) in [5.41, 5.74) is 5.39. The molecule has 1 heteroatoms. The second kappa shape index (κ2) is 59.5. The van der Waals surface area contributed by atoms with Crippen molar-refractivity contribution in [1.82, 2.24) is 0 Å². The molecule has 61 heavy (non-hydrogen) atoms. The maximum Gasteiger partial charge on any atom is -0.0103 e. The number of hydrogen-bond donors (Lipinski definition) is 1. The highest BCUT2D eigenvalue weighted by Gasteiger charge is 2.00. The Bertz CT molecular complexity index is 742. The normalized spacial score (nSPS) is 11.8. The molecule has 0 aromatic heterocycles. The Hall–Kier alpha value is -0.460. The zero-order valence-electron chi connectivity index (χ0n) is 43.0. The first-order chi connectivity index (χ1) is 30.4. The van der Waals surface area contributed by atoms with Gasteiger partial charge in [-0.25, -0.2) is 0 Å². The number of nitrogens with two attached hydrogens (primary N) is 1. The molecular weight excluding hydrogens is 735 g/mol. The van der Waals surface area contributed by atoms with Gasteiger partial charge in [-0.3, -0.25) is 0 Å². The molecule has 0 amide bonds. The second-order valence-corrected chi connectivity index (χ2v) is 20.7. The van der Waals surface area contributed by atoms with Gasteiger partial charge >= 0.3 is 0 Å². The smallest absolute Gasteiger partial charge is 0.0103 e. The van der Waals surface area contributed by atoms with Crippen LogP contribution in [0.25, 0.3) is 0 Å². The van der Waals surface area contributed by atoms with Crippen LogP contribution in [-0.4, -0.2) is 0 Å². The van der Waals surface area contributed by atoms with Gasteiger partial charge < -0.3 is 5.73 Å². The standard InChI is InChI=1S/C60H121N/c1-2-3-4-5-6-7-8-9-10-11-12-13-14-15-16-17-18-19-20-21-22-23-24-25-26-27-28-29-30-31-32-33-34-35-36-37-38-39-40-41-42-43-44-45-46-47-48-49-50-51-52-53-54-55-56-57-58-59-60-61/h59-60H,2-58,61H2,1H3/b60-59+. The zero-order valence-corrected chi connectivity index (χ0v) is 43.0. The van der Waals surface area contributed by atoms with E-state index in [1.165, 1.54) is 360 Å². The van der Waals surface area contributed by atoms with Gasteiger partial charge in [0.1, 0.15) is 0 Å². The van der Waals surface area contributed by atoms with E-state index in [0.29, 0.717) is 0 Å². The van der Waals surface area contributed by atoms with E-state index in [4.69, 9.17) is 5.73 Å². The van der Waals surface area contributed by atoms with Gasteiger partial charge in [-0.15, -0.1) is 0 Å². The fourth-order valence-electron chi connectivity index (χ4n) is 9.98. The Morgan fingerprint density at radius 2 is 0.295 bits per heavy atom. The summed E-state index contributed by atoms with van der Waals surface area (Å²) < 4.78 is 0. The second-order valence-electron chi connectivity index (χ2n) is 20.7. The van der Waals surface area contributed by atoms with Gasteiger partial charge in [0.15, 0.2) is 0 Å². The van der Waals surface area contributed by atoms with Crippen molar-refractivity contribution in [3.05, 3.63) is 12.3 Å². The van der Waals surface area contributed by atoms with Crippen LogP contribution in [0.3, 0.4) is 0 Å². The molecular formula is C60H121N. The number of rotatable bonds is 57. The molecule has 0 fully saturated rings. The van der Waals surface area contributed by atoms with Crippen LogP contribution in [0.1, 0.15) is 373 Å². The SMILES string of the molecule is CCCCCCCCCCCCCCCCCCCCCCCCCCCCCCCCCCCCCCCCCCCCCCCCCCCCCCCCCC/C=C/N. The molecule has 0 aliphatic carbocycles. The van der Waals surface area contributed by atoms with E-state index in [9.17, 15) is 0 Å². The lowest BCUT2D eigenvalue weighted by Gasteiger charge is -2.05. The summed E-state index contributed by atoms with van der Waals surface area (Å²) in [7, 11) is 0. The van der Waals surface area contributed by atoms with E-state index in [-0.39, 0.29) is 0 Å². The molecule has 0 radical (unpaired) electrons. The lowest BCUT2D eigenvalue weighted by atomic mass is 10.0. The van der Waals surface area contributed by atoms with E-state index >= 15 is 0 Å².